The summed E-state index contributed by atoms with van der Waals surface area (Å²) < 4.78 is 30.1. The van der Waals surface area contributed by atoms with Crippen molar-refractivity contribution in [2.75, 3.05) is 0 Å². The van der Waals surface area contributed by atoms with Gasteiger partial charge in [-0.1, -0.05) is 13.8 Å². The molecule has 0 amide bonds. The van der Waals surface area contributed by atoms with Crippen molar-refractivity contribution in [2.45, 2.75) is 111 Å². The highest BCUT2D eigenvalue weighted by atomic mass is 16.6. The predicted molar refractivity (Wildman–Crippen MR) is 133 cm³/mol. The molecule has 0 unspecified atom stereocenters. The molecule has 0 radical (unpaired) electrons. The van der Waals surface area contributed by atoms with E-state index in [-0.39, 0.29) is 24.5 Å². The molecule has 1 saturated heterocycles. The largest absolute Gasteiger partial charge is 0.458 e. The highest BCUT2D eigenvalue weighted by molar-refractivity contribution is 5.95. The van der Waals surface area contributed by atoms with Crippen molar-refractivity contribution in [2.24, 2.45) is 23.7 Å². The molecule has 10 nitrogen and oxygen atoms in total. The summed E-state index contributed by atoms with van der Waals surface area (Å²) in [5.41, 5.74) is -2.25. The fraction of sp³-hybridized carbons (Fsp3) is 0.750. The van der Waals surface area contributed by atoms with Crippen molar-refractivity contribution in [3.05, 3.63) is 11.6 Å². The summed E-state index contributed by atoms with van der Waals surface area (Å²) in [5, 5.41) is 0. The summed E-state index contributed by atoms with van der Waals surface area (Å²) in [6.07, 6.45) is -1.55. The molecule has 212 valence electrons. The second-order valence-corrected chi connectivity index (χ2v) is 11.5. The van der Waals surface area contributed by atoms with Crippen molar-refractivity contribution in [1.29, 1.82) is 0 Å². The van der Waals surface area contributed by atoms with Crippen LogP contribution in [0.4, 0.5) is 0 Å². The number of carbonyl (C=O) groups excluding carboxylic acids is 5. The molecule has 0 aromatic heterocycles. The molecule has 10 heteroatoms. The number of esters is 4. The first-order valence-corrected chi connectivity index (χ1v) is 13.1. The van der Waals surface area contributed by atoms with Crippen LogP contribution in [-0.2, 0) is 47.7 Å². The zero-order chi connectivity index (χ0) is 28.7. The molecule has 2 bridgehead atoms. The maximum absolute atomic E-state index is 12.9. The molecule has 3 aliphatic rings. The van der Waals surface area contributed by atoms with Crippen LogP contribution >= 0.6 is 0 Å². The Morgan fingerprint density at radius 3 is 2.03 bits per heavy atom. The van der Waals surface area contributed by atoms with Crippen LogP contribution < -0.4 is 0 Å². The van der Waals surface area contributed by atoms with Gasteiger partial charge in [0.25, 0.3) is 0 Å². The van der Waals surface area contributed by atoms with E-state index in [2.05, 4.69) is 0 Å². The van der Waals surface area contributed by atoms with Gasteiger partial charge < -0.3 is 23.7 Å². The van der Waals surface area contributed by atoms with E-state index in [1.807, 2.05) is 13.8 Å². The van der Waals surface area contributed by atoms with E-state index in [4.69, 9.17) is 23.7 Å². The SMILES string of the molecule is CC(=O)O[C@H]1[C@H](C(C)C)[C@@H]2[C@@H]([C@@H]3/C=C(/C)C(=O)CC[C@@](C)(OC(C)=O)[C@H]2O3)[C@](C)(OC(C)=O)[C@H]1OC(C)=O. The zero-order valence-corrected chi connectivity index (χ0v) is 23.7. The van der Waals surface area contributed by atoms with E-state index >= 15 is 0 Å². The third-order valence-corrected chi connectivity index (χ3v) is 8.18. The van der Waals surface area contributed by atoms with Gasteiger partial charge in [0.1, 0.15) is 17.8 Å². The van der Waals surface area contributed by atoms with Crippen LogP contribution in [0.2, 0.25) is 0 Å². The number of Topliss-reactive ketones (excluding diaryl/α,β-unsaturated/α-hetero) is 1. The minimum atomic E-state index is -1.51. The summed E-state index contributed by atoms with van der Waals surface area (Å²) in [5.74, 6) is -4.14. The summed E-state index contributed by atoms with van der Waals surface area (Å²) in [6.45, 7) is 14.1. The zero-order valence-electron chi connectivity index (χ0n) is 23.7. The van der Waals surface area contributed by atoms with Crippen molar-refractivity contribution in [3.63, 3.8) is 0 Å². The molecular formula is C28H40O10. The van der Waals surface area contributed by atoms with Gasteiger partial charge in [0.2, 0.25) is 0 Å². The molecule has 2 aliphatic heterocycles. The molecule has 38 heavy (non-hydrogen) atoms. The molecule has 3 rings (SSSR count). The van der Waals surface area contributed by atoms with Gasteiger partial charge in [0.05, 0.1) is 6.10 Å². The van der Waals surface area contributed by atoms with E-state index in [0.717, 1.165) is 0 Å². The van der Waals surface area contributed by atoms with Crippen LogP contribution in [0.25, 0.3) is 0 Å². The van der Waals surface area contributed by atoms with Gasteiger partial charge in [0, 0.05) is 51.9 Å². The maximum Gasteiger partial charge on any atom is 0.303 e. The third kappa shape index (κ3) is 5.51. The van der Waals surface area contributed by atoms with Gasteiger partial charge in [-0.05, 0) is 44.8 Å². The Bertz CT molecular complexity index is 1030. The number of carbonyl (C=O) groups is 5. The molecule has 0 N–H and O–H groups in total. The summed E-state index contributed by atoms with van der Waals surface area (Å²) in [4.78, 5) is 62.4. The van der Waals surface area contributed by atoms with Crippen LogP contribution in [-0.4, -0.2) is 65.3 Å². The van der Waals surface area contributed by atoms with Gasteiger partial charge in [-0.15, -0.1) is 0 Å². The first-order valence-electron chi connectivity index (χ1n) is 13.1. The van der Waals surface area contributed by atoms with Crippen LogP contribution in [0.5, 0.6) is 0 Å². The van der Waals surface area contributed by atoms with Gasteiger partial charge in [0.15, 0.2) is 17.5 Å². The Labute approximate surface area is 223 Å². The van der Waals surface area contributed by atoms with Crippen LogP contribution in [0.1, 0.15) is 75.2 Å². The number of allylic oxidation sites excluding steroid dienone is 1. The Balaban J connectivity index is 2.37. The molecule has 0 aromatic rings. The Morgan fingerprint density at radius 2 is 1.53 bits per heavy atom. The molecule has 2 heterocycles. The minimum Gasteiger partial charge on any atom is -0.458 e. The van der Waals surface area contributed by atoms with Crippen LogP contribution in [0.15, 0.2) is 11.6 Å². The average Bonchev–Trinajstić information content (AvgIpc) is 3.14. The van der Waals surface area contributed by atoms with E-state index in [1.54, 1.807) is 26.8 Å². The highest BCUT2D eigenvalue weighted by Gasteiger charge is 2.71. The minimum absolute atomic E-state index is 0.115. The predicted octanol–water partition coefficient (Wildman–Crippen LogP) is 3.09. The fourth-order valence-corrected chi connectivity index (χ4v) is 6.96. The van der Waals surface area contributed by atoms with Crippen LogP contribution in [0, 0.1) is 23.7 Å². The summed E-state index contributed by atoms with van der Waals surface area (Å²) in [6, 6.07) is 0. The lowest BCUT2D eigenvalue weighted by molar-refractivity contribution is -0.248. The summed E-state index contributed by atoms with van der Waals surface area (Å²) in [7, 11) is 0. The van der Waals surface area contributed by atoms with Gasteiger partial charge >= 0.3 is 23.9 Å². The average molecular weight is 537 g/mol. The monoisotopic (exact) mass is 536 g/mol. The number of ether oxygens (including phenoxy) is 5. The Morgan fingerprint density at radius 1 is 0.947 bits per heavy atom. The van der Waals surface area contributed by atoms with Gasteiger partial charge in [-0.25, -0.2) is 0 Å². The normalized spacial score (nSPS) is 40.0. The number of fused-ring (bicyclic) bond motifs is 5. The number of hydrogen-bond donors (Lipinski definition) is 0. The van der Waals surface area contributed by atoms with Gasteiger partial charge in [-0.2, -0.15) is 0 Å². The van der Waals surface area contributed by atoms with Crippen molar-refractivity contribution < 1.29 is 47.7 Å². The number of rotatable bonds is 5. The number of hydrogen-bond acceptors (Lipinski definition) is 10. The third-order valence-electron chi connectivity index (χ3n) is 8.18. The van der Waals surface area contributed by atoms with E-state index < -0.39 is 77.2 Å². The highest BCUT2D eigenvalue weighted by Crippen LogP contribution is 2.58. The summed E-state index contributed by atoms with van der Waals surface area (Å²) >= 11 is 0. The lowest BCUT2D eigenvalue weighted by Gasteiger charge is -2.55. The Hall–Kier alpha value is -2.75. The molecule has 0 spiro atoms. The molecule has 9 atom stereocenters. The number of ketones is 1. The molecular weight excluding hydrogens is 496 g/mol. The van der Waals surface area contributed by atoms with E-state index in [1.165, 1.54) is 27.7 Å². The quantitative estimate of drug-likeness (QED) is 0.381. The van der Waals surface area contributed by atoms with Crippen molar-refractivity contribution >= 4 is 29.7 Å². The molecule has 1 saturated carbocycles. The second kappa shape index (κ2) is 10.8. The van der Waals surface area contributed by atoms with E-state index in [0.29, 0.717) is 5.57 Å². The maximum atomic E-state index is 12.9. The smallest absolute Gasteiger partial charge is 0.303 e. The van der Waals surface area contributed by atoms with Crippen molar-refractivity contribution in [1.82, 2.24) is 0 Å². The van der Waals surface area contributed by atoms with E-state index in [9.17, 15) is 24.0 Å². The van der Waals surface area contributed by atoms with Gasteiger partial charge in [-0.3, -0.25) is 24.0 Å². The molecule has 2 fully saturated rings. The lowest BCUT2D eigenvalue weighted by atomic mass is 9.55. The standard InChI is InChI=1S/C28H40O10/c1-13(2)21-22-23(28(9,38-18(7)32)26(35-16(5)30)24(21)34-15(4)29)20-12-14(3)19(33)10-11-27(8,25(22)36-20)37-17(6)31/h12-13,20-26H,10-11H2,1-9H3/b14-12-/t20-,21+,22+,23+,24-,25-,26-,27+,28-/m0/s1. The molecule has 1 aliphatic carbocycles. The molecule has 0 aromatic carbocycles. The Kier molecular flexibility index (Phi) is 8.46. The van der Waals surface area contributed by atoms with Crippen molar-refractivity contribution in [3.8, 4) is 0 Å². The lowest BCUT2D eigenvalue weighted by Crippen LogP contribution is -2.69. The first kappa shape index (κ1) is 29.8. The topological polar surface area (TPSA) is 132 Å². The first-order chi connectivity index (χ1) is 17.5. The van der Waals surface area contributed by atoms with Crippen LogP contribution in [0.3, 0.4) is 0 Å². The fourth-order valence-electron chi connectivity index (χ4n) is 6.96. The second-order valence-electron chi connectivity index (χ2n) is 11.5.